The maximum Gasteiger partial charge on any atom is 0.308 e. The van der Waals surface area contributed by atoms with E-state index in [1.807, 2.05) is 12.2 Å². The molecule has 6 nitrogen and oxygen atoms in total. The summed E-state index contributed by atoms with van der Waals surface area (Å²) in [6.07, 6.45) is 12.0. The summed E-state index contributed by atoms with van der Waals surface area (Å²) in [7, 11) is 3.58. The van der Waals surface area contributed by atoms with Gasteiger partial charge >= 0.3 is 5.97 Å². The molecule has 1 aromatic rings. The maximum absolute atomic E-state index is 14.6. The molecule has 1 N–H and O–H groups in total. The molecule has 182 valence electrons. The average Bonchev–Trinajstić information content (AvgIpc) is 3.16. The van der Waals surface area contributed by atoms with Gasteiger partial charge in [0.05, 0.1) is 30.5 Å². The zero-order valence-electron chi connectivity index (χ0n) is 20.5. The van der Waals surface area contributed by atoms with Crippen molar-refractivity contribution < 1.29 is 13.9 Å². The smallest absolute Gasteiger partial charge is 0.308 e. The molecule has 0 radical (unpaired) electrons. The van der Waals surface area contributed by atoms with Gasteiger partial charge in [-0.25, -0.2) is 4.39 Å². The molecule has 1 atom stereocenters. The minimum Gasteiger partial charge on any atom is -0.469 e. The third-order valence-corrected chi connectivity index (χ3v) is 8.22. The van der Waals surface area contributed by atoms with Gasteiger partial charge in [-0.2, -0.15) is 5.10 Å². The highest BCUT2D eigenvalue weighted by Crippen LogP contribution is 2.43. The van der Waals surface area contributed by atoms with Gasteiger partial charge < -0.3 is 9.64 Å². The first-order chi connectivity index (χ1) is 17.0. The van der Waals surface area contributed by atoms with E-state index >= 15 is 0 Å². The molecule has 1 fully saturated rings. The zero-order valence-corrected chi connectivity index (χ0v) is 20.5. The number of allylic oxidation sites excluding steroid dienone is 2. The Morgan fingerprint density at radius 1 is 1.29 bits per heavy atom. The fourth-order valence-electron chi connectivity index (χ4n) is 6.29. The molecular formula is C28H31FN4O2. The van der Waals surface area contributed by atoms with E-state index in [1.165, 1.54) is 18.3 Å². The van der Waals surface area contributed by atoms with Gasteiger partial charge in [-0.1, -0.05) is 19.1 Å². The van der Waals surface area contributed by atoms with Crippen molar-refractivity contribution >= 4 is 23.3 Å². The van der Waals surface area contributed by atoms with Crippen molar-refractivity contribution in [2.45, 2.75) is 44.7 Å². The predicted molar refractivity (Wildman–Crippen MR) is 135 cm³/mol. The van der Waals surface area contributed by atoms with Crippen molar-refractivity contribution in [2.75, 3.05) is 27.2 Å². The number of rotatable bonds is 4. The first-order valence-corrected chi connectivity index (χ1v) is 12.5. The summed E-state index contributed by atoms with van der Waals surface area (Å²) in [6.45, 7) is 4.05. The molecule has 7 heteroatoms. The van der Waals surface area contributed by atoms with Crippen LogP contribution in [0.3, 0.4) is 0 Å². The van der Waals surface area contributed by atoms with Gasteiger partial charge in [0, 0.05) is 49.1 Å². The summed E-state index contributed by atoms with van der Waals surface area (Å²) in [5.41, 5.74) is 11.6. The lowest BCUT2D eigenvalue weighted by Gasteiger charge is -2.44. The molecule has 35 heavy (non-hydrogen) atoms. The average molecular weight is 475 g/mol. The van der Waals surface area contributed by atoms with Crippen molar-refractivity contribution in [3.8, 4) is 0 Å². The van der Waals surface area contributed by atoms with Crippen LogP contribution in [0.15, 0.2) is 52.4 Å². The van der Waals surface area contributed by atoms with E-state index in [1.54, 1.807) is 12.1 Å². The number of methoxy groups -OCH3 is 1. The Morgan fingerprint density at radius 3 is 2.83 bits per heavy atom. The Labute approximate surface area is 205 Å². The lowest BCUT2D eigenvalue weighted by atomic mass is 9.78. The number of ether oxygens (including phenoxy) is 1. The fourth-order valence-corrected chi connectivity index (χ4v) is 6.29. The highest BCUT2D eigenvalue weighted by Gasteiger charge is 2.40. The van der Waals surface area contributed by atoms with Gasteiger partial charge in [0.25, 0.3) is 0 Å². The standard InChI is InChI=1S/C28H31FN4O2/c1-4-24-26(16-7-9-33(10-8-16)20-12-18(13-20)28(34)35-3)27-22(15-32(24)2)21-14-19(29)11-17-5-6-23(25(17)21)30-31-27/h5-7,11,14-15,18,20,24,31H,4,8-10,12-13H2,1-3H3/t18-,20+,24-/m0/s1. The zero-order chi connectivity index (χ0) is 24.3. The predicted octanol–water partition coefficient (Wildman–Crippen LogP) is 4.06. The maximum atomic E-state index is 14.6. The van der Waals surface area contributed by atoms with Crippen LogP contribution >= 0.6 is 0 Å². The number of hydrogen-bond donors (Lipinski definition) is 1. The summed E-state index contributed by atoms with van der Waals surface area (Å²) < 4.78 is 19.5. The molecule has 6 rings (SSSR count). The van der Waals surface area contributed by atoms with Crippen molar-refractivity contribution in [1.82, 2.24) is 15.2 Å². The Balaban J connectivity index is 1.35. The van der Waals surface area contributed by atoms with Gasteiger partial charge in [0.1, 0.15) is 5.82 Å². The van der Waals surface area contributed by atoms with E-state index in [-0.39, 0.29) is 23.7 Å². The number of esters is 1. The number of carbonyl (C=O) groups excluding carboxylic acids is 1. The van der Waals surface area contributed by atoms with E-state index in [4.69, 9.17) is 9.84 Å². The summed E-state index contributed by atoms with van der Waals surface area (Å²) in [6, 6.07) is 3.89. The molecular weight excluding hydrogens is 443 g/mol. The van der Waals surface area contributed by atoms with E-state index in [0.717, 1.165) is 72.4 Å². The number of halogens is 1. The largest absolute Gasteiger partial charge is 0.469 e. The lowest BCUT2D eigenvalue weighted by Crippen LogP contribution is -2.49. The number of nitrogens with zero attached hydrogens (tertiary/aromatic N) is 3. The molecule has 3 heterocycles. The third kappa shape index (κ3) is 3.56. The van der Waals surface area contributed by atoms with Gasteiger partial charge in [-0.15, -0.1) is 0 Å². The number of hydrazone groups is 1. The fraction of sp³-hybridized carbons (Fsp3) is 0.429. The van der Waals surface area contributed by atoms with Gasteiger partial charge in [0.2, 0.25) is 0 Å². The second-order valence-electron chi connectivity index (χ2n) is 10.1. The van der Waals surface area contributed by atoms with Crippen LogP contribution in [0.5, 0.6) is 0 Å². The molecule has 0 spiro atoms. The molecule has 2 aliphatic carbocycles. The Morgan fingerprint density at radius 2 is 2.11 bits per heavy atom. The molecule has 0 saturated heterocycles. The van der Waals surface area contributed by atoms with Gasteiger partial charge in [-0.3, -0.25) is 15.1 Å². The number of carbonyl (C=O) groups is 1. The Bertz CT molecular complexity index is 1250. The van der Waals surface area contributed by atoms with Crippen molar-refractivity contribution in [2.24, 2.45) is 11.0 Å². The van der Waals surface area contributed by atoms with Crippen LogP contribution in [-0.2, 0) is 9.53 Å². The number of nitrogens with one attached hydrogen (secondary N) is 1. The SMILES string of the molecule is CC[C@H]1C(C2=CCN([C@H]3C[C@@H](C(=O)OC)C3)CC2)=C2NN=C3C=Cc4cc(F)cc(c43)C2=CN1C. The lowest BCUT2D eigenvalue weighted by molar-refractivity contribution is -0.150. The van der Waals surface area contributed by atoms with Gasteiger partial charge in [0.15, 0.2) is 0 Å². The number of hydrogen-bond acceptors (Lipinski definition) is 6. The highest BCUT2D eigenvalue weighted by molar-refractivity contribution is 6.20. The first kappa shape index (κ1) is 22.3. The van der Waals surface area contributed by atoms with Crippen LogP contribution in [0.1, 0.15) is 49.3 Å². The molecule has 3 aliphatic heterocycles. The van der Waals surface area contributed by atoms with E-state index < -0.39 is 0 Å². The molecule has 5 aliphatic rings. The van der Waals surface area contributed by atoms with Crippen molar-refractivity contribution in [3.63, 3.8) is 0 Å². The van der Waals surface area contributed by atoms with Crippen LogP contribution in [-0.4, -0.2) is 60.8 Å². The van der Waals surface area contributed by atoms with E-state index in [0.29, 0.717) is 6.04 Å². The summed E-state index contributed by atoms with van der Waals surface area (Å²) >= 11 is 0. The second kappa shape index (κ2) is 8.48. The summed E-state index contributed by atoms with van der Waals surface area (Å²) in [5.74, 6) is -0.268. The number of likely N-dealkylation sites (N-methyl/N-ethyl adjacent to an activating group) is 1. The molecule has 0 aromatic heterocycles. The summed E-state index contributed by atoms with van der Waals surface area (Å²) in [4.78, 5) is 16.5. The number of benzene rings is 1. The second-order valence-corrected chi connectivity index (χ2v) is 10.1. The Hall–Kier alpha value is -3.19. The quantitative estimate of drug-likeness (QED) is 0.667. The van der Waals surface area contributed by atoms with Crippen LogP contribution in [0.25, 0.3) is 11.6 Å². The highest BCUT2D eigenvalue weighted by atomic mass is 19.1. The molecule has 1 aromatic carbocycles. The number of fused-ring (bicyclic) bond motifs is 2. The third-order valence-electron chi connectivity index (χ3n) is 8.22. The first-order valence-electron chi connectivity index (χ1n) is 12.5. The molecule has 1 saturated carbocycles. The topological polar surface area (TPSA) is 57.2 Å². The van der Waals surface area contributed by atoms with Crippen LogP contribution in [0.4, 0.5) is 4.39 Å². The Kier molecular flexibility index (Phi) is 5.40. The minimum absolute atomic E-state index is 0.0460. The molecule has 0 unspecified atom stereocenters. The van der Waals surface area contributed by atoms with Crippen LogP contribution < -0.4 is 5.43 Å². The molecule has 0 bridgehead atoms. The molecule has 0 amide bonds. The van der Waals surface area contributed by atoms with E-state index in [9.17, 15) is 9.18 Å². The van der Waals surface area contributed by atoms with Crippen LogP contribution in [0.2, 0.25) is 0 Å². The monoisotopic (exact) mass is 474 g/mol. The van der Waals surface area contributed by atoms with Crippen molar-refractivity contribution in [1.29, 1.82) is 0 Å². The van der Waals surface area contributed by atoms with Crippen molar-refractivity contribution in [3.05, 3.63) is 69.8 Å². The van der Waals surface area contributed by atoms with Gasteiger partial charge in [-0.05, 0) is 60.6 Å². The van der Waals surface area contributed by atoms with E-state index in [2.05, 4.69) is 41.5 Å². The van der Waals surface area contributed by atoms with Crippen LogP contribution in [0, 0.1) is 11.7 Å². The normalized spacial score (nSPS) is 27.1. The minimum atomic E-state index is -0.230. The summed E-state index contributed by atoms with van der Waals surface area (Å²) in [5, 5.41) is 4.75.